The van der Waals surface area contributed by atoms with Crippen molar-refractivity contribution in [1.29, 1.82) is 0 Å². The maximum atomic E-state index is 11.4. The van der Waals surface area contributed by atoms with E-state index in [1.807, 2.05) is 0 Å². The van der Waals surface area contributed by atoms with Gasteiger partial charge < -0.3 is 9.47 Å². The van der Waals surface area contributed by atoms with Crippen LogP contribution in [0.2, 0.25) is 5.02 Å². The van der Waals surface area contributed by atoms with Crippen LogP contribution in [0.1, 0.15) is 22.8 Å². The summed E-state index contributed by atoms with van der Waals surface area (Å²) in [6.07, 6.45) is 0. The first-order valence-electron chi connectivity index (χ1n) is 6.67. The number of halogens is 1. The van der Waals surface area contributed by atoms with E-state index < -0.39 is 4.92 Å². The Bertz CT molecular complexity index is 760. The molecule has 0 atom stereocenters. The molecule has 0 bridgehead atoms. The molecule has 0 saturated carbocycles. The van der Waals surface area contributed by atoms with Crippen LogP contribution in [0.25, 0.3) is 0 Å². The highest BCUT2D eigenvalue weighted by Gasteiger charge is 2.14. The van der Waals surface area contributed by atoms with Gasteiger partial charge in [0.1, 0.15) is 11.6 Å². The van der Waals surface area contributed by atoms with Crippen LogP contribution in [0, 0.1) is 10.1 Å². The summed E-state index contributed by atoms with van der Waals surface area (Å²) in [4.78, 5) is 21.7. The Kier molecular flexibility index (Phi) is 5.18. The number of ether oxygens (including phenoxy) is 2. The molecule has 2 aromatic rings. The van der Waals surface area contributed by atoms with Gasteiger partial charge in [-0.15, -0.1) is 0 Å². The number of Topliss-reactive ketones (excluding diaryl/α,β-unsaturated/α-hetero) is 1. The Labute approximate surface area is 137 Å². The monoisotopic (exact) mass is 335 g/mol. The number of hydrogen-bond acceptors (Lipinski definition) is 5. The minimum absolute atomic E-state index is 0.0714. The summed E-state index contributed by atoms with van der Waals surface area (Å²) in [6.45, 7) is 1.57. The van der Waals surface area contributed by atoms with Crippen molar-refractivity contribution in [1.82, 2.24) is 0 Å². The van der Waals surface area contributed by atoms with Crippen LogP contribution in [0.5, 0.6) is 11.5 Å². The van der Waals surface area contributed by atoms with Crippen LogP contribution in [0.3, 0.4) is 0 Å². The number of benzene rings is 2. The van der Waals surface area contributed by atoms with Crippen LogP contribution in [-0.2, 0) is 6.61 Å². The molecule has 0 aliphatic heterocycles. The lowest BCUT2D eigenvalue weighted by Gasteiger charge is -2.11. The zero-order chi connectivity index (χ0) is 17.0. The Balaban J connectivity index is 2.19. The molecule has 0 N–H and O–H groups in total. The number of ketones is 1. The van der Waals surface area contributed by atoms with E-state index in [1.54, 1.807) is 24.3 Å². The van der Waals surface area contributed by atoms with E-state index in [0.717, 1.165) is 0 Å². The zero-order valence-corrected chi connectivity index (χ0v) is 13.3. The Morgan fingerprint density at radius 3 is 2.57 bits per heavy atom. The Hall–Kier alpha value is -2.60. The van der Waals surface area contributed by atoms with Crippen LogP contribution in [0.4, 0.5) is 5.69 Å². The van der Waals surface area contributed by atoms with E-state index in [9.17, 15) is 14.9 Å². The smallest absolute Gasteiger partial charge is 0.288 e. The van der Waals surface area contributed by atoms with Crippen molar-refractivity contribution in [2.24, 2.45) is 0 Å². The fourth-order valence-corrected chi connectivity index (χ4v) is 2.14. The number of hydrogen-bond donors (Lipinski definition) is 0. The van der Waals surface area contributed by atoms with Crippen molar-refractivity contribution >= 4 is 23.1 Å². The van der Waals surface area contributed by atoms with Crippen molar-refractivity contribution < 1.29 is 19.2 Å². The summed E-state index contributed by atoms with van der Waals surface area (Å²) in [5.74, 6) is 0.777. The molecule has 0 fully saturated rings. The number of nitrogens with zero attached hydrogens (tertiary/aromatic N) is 1. The van der Waals surface area contributed by atoms with Gasteiger partial charge in [0, 0.05) is 11.6 Å². The molecular formula is C16H14ClNO5. The van der Waals surface area contributed by atoms with Gasteiger partial charge >= 0.3 is 0 Å². The van der Waals surface area contributed by atoms with E-state index in [2.05, 4.69) is 0 Å². The molecule has 0 heterocycles. The van der Waals surface area contributed by atoms with Gasteiger partial charge in [0.2, 0.25) is 0 Å². The predicted molar refractivity (Wildman–Crippen MR) is 85.4 cm³/mol. The van der Waals surface area contributed by atoms with Crippen molar-refractivity contribution in [3.05, 3.63) is 62.7 Å². The SMILES string of the molecule is COc1cc(C(C)=O)ccc1OCc1ccc(Cl)c([N+](=O)[O-])c1. The largest absolute Gasteiger partial charge is 0.493 e. The minimum atomic E-state index is -0.548. The van der Waals surface area contributed by atoms with E-state index in [1.165, 1.54) is 26.2 Å². The van der Waals surface area contributed by atoms with Crippen LogP contribution in [0.15, 0.2) is 36.4 Å². The number of carbonyl (C=O) groups excluding carboxylic acids is 1. The standard InChI is InChI=1S/C16H14ClNO5/c1-10(19)12-4-6-15(16(8-12)22-2)23-9-11-3-5-13(17)14(7-11)18(20)21/h3-8H,9H2,1-2H3. The first-order valence-corrected chi connectivity index (χ1v) is 7.04. The van der Waals surface area contributed by atoms with Gasteiger partial charge in [-0.2, -0.15) is 0 Å². The van der Waals surface area contributed by atoms with E-state index in [4.69, 9.17) is 21.1 Å². The molecule has 6 nitrogen and oxygen atoms in total. The third kappa shape index (κ3) is 3.98. The maximum Gasteiger partial charge on any atom is 0.288 e. The summed E-state index contributed by atoms with van der Waals surface area (Å²) in [7, 11) is 1.47. The molecule has 0 aliphatic rings. The molecule has 0 aromatic heterocycles. The van der Waals surface area contributed by atoms with Gasteiger partial charge in [-0.25, -0.2) is 0 Å². The molecule has 7 heteroatoms. The first-order chi connectivity index (χ1) is 10.9. The number of nitro benzene ring substituents is 1. The highest BCUT2D eigenvalue weighted by atomic mass is 35.5. The Morgan fingerprint density at radius 1 is 1.22 bits per heavy atom. The topological polar surface area (TPSA) is 78.7 Å². The molecule has 0 aliphatic carbocycles. The number of methoxy groups -OCH3 is 1. The second-order valence-electron chi connectivity index (χ2n) is 4.75. The summed E-state index contributed by atoms with van der Waals surface area (Å²) >= 11 is 5.77. The third-order valence-electron chi connectivity index (χ3n) is 3.17. The predicted octanol–water partition coefficient (Wildman–Crippen LogP) is 4.04. The molecular weight excluding hydrogens is 322 g/mol. The molecule has 0 saturated heterocycles. The number of rotatable bonds is 6. The lowest BCUT2D eigenvalue weighted by atomic mass is 10.1. The van der Waals surface area contributed by atoms with Gasteiger partial charge in [-0.3, -0.25) is 14.9 Å². The highest BCUT2D eigenvalue weighted by molar-refractivity contribution is 6.32. The third-order valence-corrected chi connectivity index (χ3v) is 3.49. The Morgan fingerprint density at radius 2 is 1.96 bits per heavy atom. The molecule has 0 unspecified atom stereocenters. The second-order valence-corrected chi connectivity index (χ2v) is 5.16. The van der Waals surface area contributed by atoms with Crippen molar-refractivity contribution in [2.45, 2.75) is 13.5 Å². The van der Waals surface area contributed by atoms with Crippen molar-refractivity contribution in [2.75, 3.05) is 7.11 Å². The van der Waals surface area contributed by atoms with Crippen LogP contribution >= 0.6 is 11.6 Å². The number of nitro groups is 1. The lowest BCUT2D eigenvalue weighted by Crippen LogP contribution is -2.00. The minimum Gasteiger partial charge on any atom is -0.493 e. The van der Waals surface area contributed by atoms with Crippen LogP contribution in [-0.4, -0.2) is 17.8 Å². The van der Waals surface area contributed by atoms with E-state index in [0.29, 0.717) is 22.6 Å². The fraction of sp³-hybridized carbons (Fsp3) is 0.188. The molecule has 0 spiro atoms. The first kappa shape index (κ1) is 16.8. The fourth-order valence-electron chi connectivity index (χ4n) is 1.95. The van der Waals surface area contributed by atoms with Gasteiger partial charge in [0.15, 0.2) is 17.3 Å². The number of carbonyl (C=O) groups is 1. The summed E-state index contributed by atoms with van der Waals surface area (Å²) in [5, 5.41) is 10.9. The lowest BCUT2D eigenvalue weighted by molar-refractivity contribution is -0.384. The molecule has 0 radical (unpaired) electrons. The highest BCUT2D eigenvalue weighted by Crippen LogP contribution is 2.30. The van der Waals surface area contributed by atoms with E-state index >= 15 is 0 Å². The molecule has 120 valence electrons. The van der Waals surface area contributed by atoms with Crippen molar-refractivity contribution in [3.8, 4) is 11.5 Å². The van der Waals surface area contributed by atoms with Gasteiger partial charge in [0.05, 0.1) is 12.0 Å². The molecule has 2 aromatic carbocycles. The molecule has 0 amide bonds. The zero-order valence-electron chi connectivity index (χ0n) is 12.5. The average molecular weight is 336 g/mol. The summed E-state index contributed by atoms with van der Waals surface area (Å²) < 4.78 is 10.8. The molecule has 2 rings (SSSR count). The van der Waals surface area contributed by atoms with Crippen molar-refractivity contribution in [3.63, 3.8) is 0 Å². The van der Waals surface area contributed by atoms with Crippen LogP contribution < -0.4 is 9.47 Å². The van der Waals surface area contributed by atoms with Gasteiger partial charge in [0.25, 0.3) is 5.69 Å². The van der Waals surface area contributed by atoms with Gasteiger partial charge in [-0.1, -0.05) is 17.7 Å². The quantitative estimate of drug-likeness (QED) is 0.452. The second kappa shape index (κ2) is 7.11. The molecule has 23 heavy (non-hydrogen) atoms. The maximum absolute atomic E-state index is 11.4. The average Bonchev–Trinajstić information content (AvgIpc) is 2.53. The summed E-state index contributed by atoms with van der Waals surface area (Å²) in [5.41, 5.74) is 0.932. The van der Waals surface area contributed by atoms with E-state index in [-0.39, 0.29) is 23.1 Å². The summed E-state index contributed by atoms with van der Waals surface area (Å²) in [6, 6.07) is 9.30. The van der Waals surface area contributed by atoms with Gasteiger partial charge in [-0.05, 0) is 36.8 Å². The normalized spacial score (nSPS) is 10.2.